The third-order valence-electron chi connectivity index (χ3n) is 7.43. The lowest BCUT2D eigenvalue weighted by Crippen LogP contribution is -2.48. The maximum atomic E-state index is 16.7. The fraction of sp³-hybridized carbons (Fsp3) is 0.290. The highest BCUT2D eigenvalue weighted by Crippen LogP contribution is 2.49. The maximum Gasteiger partial charge on any atom is 0.330 e. The molecule has 0 bridgehead atoms. The fourth-order valence-corrected chi connectivity index (χ4v) is 5.25. The number of nitrogens with zero attached hydrogens (tertiary/aromatic N) is 1. The molecule has 1 aromatic heterocycles. The topological polar surface area (TPSA) is 112 Å². The van der Waals surface area contributed by atoms with Gasteiger partial charge in [0.25, 0.3) is 5.56 Å². The number of ether oxygens (including phenoxy) is 4. The van der Waals surface area contributed by atoms with Gasteiger partial charge in [0.05, 0.1) is 14.2 Å². The molecule has 10 heteroatoms. The maximum absolute atomic E-state index is 16.7. The second kappa shape index (κ2) is 11.3. The van der Waals surface area contributed by atoms with Gasteiger partial charge >= 0.3 is 5.69 Å². The van der Waals surface area contributed by atoms with Crippen LogP contribution in [-0.4, -0.2) is 46.9 Å². The van der Waals surface area contributed by atoms with Crippen LogP contribution in [0.3, 0.4) is 0 Å². The van der Waals surface area contributed by atoms with Crippen LogP contribution < -0.4 is 20.7 Å². The van der Waals surface area contributed by atoms with Crippen LogP contribution in [0.15, 0.2) is 101 Å². The number of hydrogen-bond donors (Lipinski definition) is 2. The zero-order valence-electron chi connectivity index (χ0n) is 22.8. The molecule has 1 aliphatic rings. The van der Waals surface area contributed by atoms with Crippen molar-refractivity contribution in [1.82, 2.24) is 9.55 Å². The van der Waals surface area contributed by atoms with E-state index in [9.17, 15) is 14.7 Å². The Bertz CT molecular complexity index is 1540. The van der Waals surface area contributed by atoms with Crippen molar-refractivity contribution in [3.8, 4) is 11.5 Å². The molecule has 1 saturated heterocycles. The van der Waals surface area contributed by atoms with Crippen LogP contribution in [-0.2, 0) is 15.1 Å². The van der Waals surface area contributed by atoms with E-state index in [2.05, 4.69) is 4.98 Å². The SMILES string of the molecule is CC[C@@]1(F)O[C@@H](n2ccc(=O)[nH]c2=O)[C@@H](O)[C@@H]1OC(c1ccccc1)(c1ccc(OC)cc1)c1ccc(OC)cc1. The molecule has 214 valence electrons. The number of halogens is 1. The number of hydrogen-bond acceptors (Lipinski definition) is 7. The number of methoxy groups -OCH3 is 2. The minimum absolute atomic E-state index is 0.195. The van der Waals surface area contributed by atoms with E-state index in [1.165, 1.54) is 0 Å². The molecule has 0 amide bonds. The van der Waals surface area contributed by atoms with E-state index in [-0.39, 0.29) is 6.42 Å². The fourth-order valence-electron chi connectivity index (χ4n) is 5.25. The molecule has 0 aliphatic carbocycles. The van der Waals surface area contributed by atoms with Gasteiger partial charge in [-0.15, -0.1) is 0 Å². The largest absolute Gasteiger partial charge is 0.497 e. The second-order valence-corrected chi connectivity index (χ2v) is 9.70. The number of aromatic nitrogens is 2. The summed E-state index contributed by atoms with van der Waals surface area (Å²) in [6, 6.07) is 24.7. The van der Waals surface area contributed by atoms with E-state index in [0.29, 0.717) is 28.2 Å². The van der Waals surface area contributed by atoms with Crippen molar-refractivity contribution in [3.05, 3.63) is 129 Å². The Morgan fingerprint density at radius 2 is 1.44 bits per heavy atom. The van der Waals surface area contributed by atoms with Crippen LogP contribution in [0, 0.1) is 0 Å². The molecule has 5 rings (SSSR count). The molecule has 2 heterocycles. The van der Waals surface area contributed by atoms with Gasteiger partial charge in [-0.2, -0.15) is 0 Å². The number of aliphatic hydroxyl groups excluding tert-OH is 1. The van der Waals surface area contributed by atoms with E-state index in [0.717, 1.165) is 16.8 Å². The molecule has 41 heavy (non-hydrogen) atoms. The zero-order chi connectivity index (χ0) is 29.2. The number of H-pyrrole nitrogens is 1. The van der Waals surface area contributed by atoms with Gasteiger partial charge in [-0.05, 0) is 41.0 Å². The minimum atomic E-state index is -2.50. The van der Waals surface area contributed by atoms with Gasteiger partial charge in [0.2, 0.25) is 5.85 Å². The van der Waals surface area contributed by atoms with Crippen LogP contribution in [0.4, 0.5) is 4.39 Å². The summed E-state index contributed by atoms with van der Waals surface area (Å²) in [7, 11) is 3.12. The van der Waals surface area contributed by atoms with Crippen molar-refractivity contribution in [1.29, 1.82) is 0 Å². The summed E-state index contributed by atoms with van der Waals surface area (Å²) in [6.07, 6.45) is -3.71. The predicted molar refractivity (Wildman–Crippen MR) is 149 cm³/mol. The summed E-state index contributed by atoms with van der Waals surface area (Å²) < 4.78 is 40.9. The Kier molecular flexibility index (Phi) is 7.81. The molecule has 0 spiro atoms. The average molecular weight is 563 g/mol. The lowest BCUT2D eigenvalue weighted by atomic mass is 9.79. The minimum Gasteiger partial charge on any atom is -0.497 e. The van der Waals surface area contributed by atoms with Crippen molar-refractivity contribution < 1.29 is 28.4 Å². The number of rotatable bonds is 9. The molecule has 0 unspecified atom stereocenters. The quantitative estimate of drug-likeness (QED) is 0.298. The number of alkyl halides is 1. The van der Waals surface area contributed by atoms with Crippen LogP contribution >= 0.6 is 0 Å². The van der Waals surface area contributed by atoms with Crippen molar-refractivity contribution in [2.75, 3.05) is 14.2 Å². The third kappa shape index (κ3) is 5.06. The van der Waals surface area contributed by atoms with Crippen LogP contribution in [0.5, 0.6) is 11.5 Å². The molecular weight excluding hydrogens is 531 g/mol. The van der Waals surface area contributed by atoms with Crippen LogP contribution in [0.2, 0.25) is 0 Å². The van der Waals surface area contributed by atoms with Gasteiger partial charge in [-0.3, -0.25) is 14.3 Å². The van der Waals surface area contributed by atoms with Gasteiger partial charge in [-0.1, -0.05) is 61.5 Å². The van der Waals surface area contributed by atoms with E-state index >= 15 is 4.39 Å². The Labute approximate surface area is 235 Å². The Balaban J connectivity index is 1.72. The standard InChI is InChI=1S/C31H31FN2O7/c1-4-30(32)27(26(36)28(41-30)34-19-18-25(35)33-29(34)37)40-31(20-8-6-5-7-9-20,21-10-14-23(38-2)15-11-21)22-12-16-24(39-3)17-13-22/h5-19,26-28,36H,4H2,1-3H3,(H,33,35,37)/t26-,27-,28+,30+/m0/s1. The third-order valence-corrected chi connectivity index (χ3v) is 7.43. The van der Waals surface area contributed by atoms with Crippen molar-refractivity contribution >= 4 is 0 Å². The van der Waals surface area contributed by atoms with Crippen molar-refractivity contribution in [2.24, 2.45) is 0 Å². The first-order chi connectivity index (χ1) is 19.8. The summed E-state index contributed by atoms with van der Waals surface area (Å²) in [6.45, 7) is 1.56. The zero-order valence-corrected chi connectivity index (χ0v) is 22.8. The summed E-state index contributed by atoms with van der Waals surface area (Å²) in [5.41, 5.74) is -1.01. The second-order valence-electron chi connectivity index (χ2n) is 9.70. The van der Waals surface area contributed by atoms with Gasteiger partial charge < -0.3 is 24.1 Å². The lowest BCUT2D eigenvalue weighted by Gasteiger charge is -2.40. The summed E-state index contributed by atoms with van der Waals surface area (Å²) in [4.78, 5) is 26.3. The van der Waals surface area contributed by atoms with Gasteiger partial charge in [-0.25, -0.2) is 9.18 Å². The molecule has 4 atom stereocenters. The van der Waals surface area contributed by atoms with E-state index in [1.54, 1.807) is 45.4 Å². The number of aliphatic hydroxyl groups is 1. The normalized spacial score (nSPS) is 22.4. The molecule has 0 saturated carbocycles. The van der Waals surface area contributed by atoms with E-state index in [4.69, 9.17) is 18.9 Å². The molecule has 0 radical (unpaired) electrons. The molecule has 9 nitrogen and oxygen atoms in total. The highest BCUT2D eigenvalue weighted by molar-refractivity contribution is 5.50. The number of benzene rings is 3. The lowest BCUT2D eigenvalue weighted by molar-refractivity contribution is -0.217. The first kappa shape index (κ1) is 28.3. The average Bonchev–Trinajstić information content (AvgIpc) is 3.25. The Morgan fingerprint density at radius 1 is 0.902 bits per heavy atom. The summed E-state index contributed by atoms with van der Waals surface area (Å²) in [5, 5.41) is 11.5. The number of aromatic amines is 1. The van der Waals surface area contributed by atoms with Crippen molar-refractivity contribution in [3.63, 3.8) is 0 Å². The summed E-state index contributed by atoms with van der Waals surface area (Å²) >= 11 is 0. The van der Waals surface area contributed by atoms with E-state index < -0.39 is 41.1 Å². The van der Waals surface area contributed by atoms with E-state index in [1.807, 2.05) is 54.6 Å². The molecule has 3 aromatic carbocycles. The molecule has 1 aliphatic heterocycles. The molecule has 4 aromatic rings. The van der Waals surface area contributed by atoms with Crippen molar-refractivity contribution in [2.45, 2.75) is 43.2 Å². The first-order valence-electron chi connectivity index (χ1n) is 13.1. The number of nitrogens with one attached hydrogen (secondary N) is 1. The van der Waals surface area contributed by atoms with Crippen LogP contribution in [0.25, 0.3) is 0 Å². The summed E-state index contributed by atoms with van der Waals surface area (Å²) in [5.74, 6) is -1.28. The van der Waals surface area contributed by atoms with Gasteiger partial charge in [0.1, 0.15) is 29.3 Å². The van der Waals surface area contributed by atoms with Crippen LogP contribution in [0.1, 0.15) is 36.3 Å². The Hall–Kier alpha value is -4.25. The molecule has 2 N–H and O–H groups in total. The smallest absolute Gasteiger partial charge is 0.330 e. The first-order valence-corrected chi connectivity index (χ1v) is 13.1. The molecule has 1 fully saturated rings. The monoisotopic (exact) mass is 562 g/mol. The highest BCUT2D eigenvalue weighted by atomic mass is 19.2. The van der Waals surface area contributed by atoms with Gasteiger partial charge in [0, 0.05) is 18.7 Å². The Morgan fingerprint density at radius 3 is 1.93 bits per heavy atom. The highest BCUT2D eigenvalue weighted by Gasteiger charge is 2.59. The van der Waals surface area contributed by atoms with Gasteiger partial charge in [0.15, 0.2) is 6.23 Å². The predicted octanol–water partition coefficient (Wildman–Crippen LogP) is 3.90. The molecular formula is C31H31FN2O7.